The molecule has 1 heterocycles. The van der Waals surface area contributed by atoms with Crippen molar-refractivity contribution in [3.05, 3.63) is 53.7 Å². The van der Waals surface area contributed by atoms with Gasteiger partial charge in [0.15, 0.2) is 0 Å². The molecule has 0 saturated carbocycles. The molecule has 106 valence electrons. The van der Waals surface area contributed by atoms with Gasteiger partial charge in [-0.3, -0.25) is 4.90 Å². The van der Waals surface area contributed by atoms with Gasteiger partial charge in [0.2, 0.25) is 0 Å². The first-order valence-electron chi connectivity index (χ1n) is 6.65. The SMILES string of the molecule is CNc1cc(CN(C)Cc2ccc(OC)cc2)ccn1. The second kappa shape index (κ2) is 6.91. The summed E-state index contributed by atoms with van der Waals surface area (Å²) in [5.74, 6) is 1.80. The number of methoxy groups -OCH3 is 1. The lowest BCUT2D eigenvalue weighted by atomic mass is 10.2. The van der Waals surface area contributed by atoms with Crippen molar-refractivity contribution in [2.24, 2.45) is 0 Å². The number of nitrogens with zero attached hydrogens (tertiary/aromatic N) is 2. The zero-order chi connectivity index (χ0) is 14.4. The zero-order valence-corrected chi connectivity index (χ0v) is 12.3. The maximum atomic E-state index is 5.17. The van der Waals surface area contributed by atoms with Gasteiger partial charge in [0, 0.05) is 26.3 Å². The normalized spacial score (nSPS) is 10.6. The third-order valence-electron chi connectivity index (χ3n) is 3.14. The molecular weight excluding hydrogens is 250 g/mol. The summed E-state index contributed by atoms with van der Waals surface area (Å²) in [5.41, 5.74) is 2.52. The predicted octanol–water partition coefficient (Wildman–Crippen LogP) is 2.76. The molecule has 0 aliphatic rings. The van der Waals surface area contributed by atoms with E-state index in [1.54, 1.807) is 7.11 Å². The van der Waals surface area contributed by atoms with Crippen molar-refractivity contribution in [1.29, 1.82) is 0 Å². The molecule has 0 aliphatic heterocycles. The van der Waals surface area contributed by atoms with E-state index < -0.39 is 0 Å². The molecule has 1 aromatic heterocycles. The number of nitrogens with one attached hydrogen (secondary N) is 1. The lowest BCUT2D eigenvalue weighted by molar-refractivity contribution is 0.319. The number of aromatic nitrogens is 1. The maximum Gasteiger partial charge on any atom is 0.125 e. The highest BCUT2D eigenvalue weighted by Gasteiger charge is 2.03. The second-order valence-corrected chi connectivity index (χ2v) is 4.82. The molecule has 0 unspecified atom stereocenters. The van der Waals surface area contributed by atoms with Gasteiger partial charge >= 0.3 is 0 Å². The Labute approximate surface area is 120 Å². The minimum atomic E-state index is 0.892. The molecule has 0 radical (unpaired) electrons. The molecule has 20 heavy (non-hydrogen) atoms. The summed E-state index contributed by atoms with van der Waals surface area (Å²) in [5, 5.41) is 3.06. The number of anilines is 1. The summed E-state index contributed by atoms with van der Waals surface area (Å²) in [4.78, 5) is 6.50. The van der Waals surface area contributed by atoms with Crippen LogP contribution in [0.25, 0.3) is 0 Å². The van der Waals surface area contributed by atoms with Gasteiger partial charge in [-0.25, -0.2) is 4.98 Å². The van der Waals surface area contributed by atoms with Gasteiger partial charge < -0.3 is 10.1 Å². The second-order valence-electron chi connectivity index (χ2n) is 4.82. The topological polar surface area (TPSA) is 37.4 Å². The Morgan fingerprint density at radius 3 is 2.45 bits per heavy atom. The lowest BCUT2D eigenvalue weighted by Crippen LogP contribution is -2.17. The van der Waals surface area contributed by atoms with Crippen LogP contribution in [0.1, 0.15) is 11.1 Å². The van der Waals surface area contributed by atoms with Crippen molar-refractivity contribution < 1.29 is 4.74 Å². The molecule has 1 N–H and O–H groups in total. The van der Waals surface area contributed by atoms with Crippen LogP contribution in [-0.2, 0) is 13.1 Å². The van der Waals surface area contributed by atoms with Gasteiger partial charge in [0.25, 0.3) is 0 Å². The summed E-state index contributed by atoms with van der Waals surface area (Å²) in [7, 11) is 5.68. The Morgan fingerprint density at radius 1 is 1.10 bits per heavy atom. The summed E-state index contributed by atoms with van der Waals surface area (Å²) in [6, 6.07) is 12.3. The maximum absolute atomic E-state index is 5.17. The lowest BCUT2D eigenvalue weighted by Gasteiger charge is -2.17. The molecule has 4 nitrogen and oxygen atoms in total. The Hall–Kier alpha value is -2.07. The Morgan fingerprint density at radius 2 is 1.80 bits per heavy atom. The van der Waals surface area contributed by atoms with Crippen LogP contribution in [0.5, 0.6) is 5.75 Å². The summed E-state index contributed by atoms with van der Waals surface area (Å²) in [6.45, 7) is 1.80. The van der Waals surface area contributed by atoms with Crippen LogP contribution in [0, 0.1) is 0 Å². The summed E-state index contributed by atoms with van der Waals surface area (Å²) < 4.78 is 5.17. The van der Waals surface area contributed by atoms with E-state index in [1.165, 1.54) is 11.1 Å². The van der Waals surface area contributed by atoms with E-state index in [4.69, 9.17) is 4.74 Å². The molecule has 0 fully saturated rings. The molecule has 1 aromatic carbocycles. The van der Waals surface area contributed by atoms with Crippen LogP contribution in [0.3, 0.4) is 0 Å². The highest BCUT2D eigenvalue weighted by atomic mass is 16.5. The van der Waals surface area contributed by atoms with Gasteiger partial charge in [-0.05, 0) is 42.4 Å². The highest BCUT2D eigenvalue weighted by molar-refractivity contribution is 5.36. The van der Waals surface area contributed by atoms with Crippen LogP contribution >= 0.6 is 0 Å². The fourth-order valence-electron chi connectivity index (χ4n) is 2.12. The van der Waals surface area contributed by atoms with E-state index in [9.17, 15) is 0 Å². The van der Waals surface area contributed by atoms with Crippen LogP contribution in [0.2, 0.25) is 0 Å². The third kappa shape index (κ3) is 3.96. The van der Waals surface area contributed by atoms with Crippen molar-refractivity contribution in [3.8, 4) is 5.75 Å². The number of pyridine rings is 1. The molecule has 2 rings (SSSR count). The summed E-state index contributed by atoms with van der Waals surface area (Å²) in [6.07, 6.45) is 1.84. The monoisotopic (exact) mass is 271 g/mol. The highest BCUT2D eigenvalue weighted by Crippen LogP contribution is 2.14. The first-order valence-corrected chi connectivity index (χ1v) is 6.65. The van der Waals surface area contributed by atoms with E-state index in [0.717, 1.165) is 24.7 Å². The fraction of sp³-hybridized carbons (Fsp3) is 0.312. The number of ether oxygens (including phenoxy) is 1. The molecule has 0 aliphatic carbocycles. The van der Waals surface area contributed by atoms with Gasteiger partial charge in [-0.2, -0.15) is 0 Å². The molecule has 0 atom stereocenters. The molecule has 0 amide bonds. The first-order chi connectivity index (χ1) is 9.71. The van der Waals surface area contributed by atoms with Crippen LogP contribution < -0.4 is 10.1 Å². The van der Waals surface area contributed by atoms with Crippen LogP contribution in [0.15, 0.2) is 42.6 Å². The first kappa shape index (κ1) is 14.3. The fourth-order valence-corrected chi connectivity index (χ4v) is 2.12. The van der Waals surface area contributed by atoms with Crippen molar-refractivity contribution in [3.63, 3.8) is 0 Å². The Kier molecular flexibility index (Phi) is 4.96. The zero-order valence-electron chi connectivity index (χ0n) is 12.3. The third-order valence-corrected chi connectivity index (χ3v) is 3.14. The smallest absolute Gasteiger partial charge is 0.125 e. The van der Waals surface area contributed by atoms with Gasteiger partial charge in [-0.15, -0.1) is 0 Å². The molecule has 2 aromatic rings. The number of benzene rings is 1. The molecule has 0 bridgehead atoms. The predicted molar refractivity (Wildman–Crippen MR) is 81.9 cm³/mol. The van der Waals surface area contributed by atoms with E-state index >= 15 is 0 Å². The molecular formula is C16H21N3O. The van der Waals surface area contributed by atoms with Crippen LogP contribution in [0.4, 0.5) is 5.82 Å². The quantitative estimate of drug-likeness (QED) is 0.876. The number of hydrogen-bond donors (Lipinski definition) is 1. The molecule has 4 heteroatoms. The van der Waals surface area contributed by atoms with E-state index in [-0.39, 0.29) is 0 Å². The molecule has 0 spiro atoms. The average Bonchev–Trinajstić information content (AvgIpc) is 2.48. The standard InChI is InChI=1S/C16H21N3O/c1-17-16-10-14(8-9-18-16)12-19(2)11-13-4-6-15(20-3)7-5-13/h4-10H,11-12H2,1-3H3,(H,17,18). The minimum absolute atomic E-state index is 0.892. The van der Waals surface area contributed by atoms with Crippen molar-refractivity contribution in [2.45, 2.75) is 13.1 Å². The van der Waals surface area contributed by atoms with Gasteiger partial charge in [0.05, 0.1) is 7.11 Å². The van der Waals surface area contributed by atoms with Crippen LogP contribution in [-0.4, -0.2) is 31.1 Å². The largest absolute Gasteiger partial charge is 0.497 e. The van der Waals surface area contributed by atoms with E-state index in [0.29, 0.717) is 0 Å². The minimum Gasteiger partial charge on any atom is -0.497 e. The molecule has 0 saturated heterocycles. The summed E-state index contributed by atoms with van der Waals surface area (Å²) >= 11 is 0. The van der Waals surface area contributed by atoms with Gasteiger partial charge in [0.1, 0.15) is 11.6 Å². The van der Waals surface area contributed by atoms with E-state index in [1.807, 2.05) is 31.4 Å². The Balaban J connectivity index is 1.95. The van der Waals surface area contributed by atoms with Gasteiger partial charge in [-0.1, -0.05) is 12.1 Å². The van der Waals surface area contributed by atoms with Crippen molar-refractivity contribution in [2.75, 3.05) is 26.5 Å². The number of rotatable bonds is 6. The van der Waals surface area contributed by atoms with E-state index in [2.05, 4.69) is 40.4 Å². The number of hydrogen-bond acceptors (Lipinski definition) is 4. The van der Waals surface area contributed by atoms with Crippen molar-refractivity contribution >= 4 is 5.82 Å². The average molecular weight is 271 g/mol. The Bertz CT molecular complexity index is 540. The van der Waals surface area contributed by atoms with Crippen molar-refractivity contribution in [1.82, 2.24) is 9.88 Å².